The molecule has 1 aromatic heterocycles. The topological polar surface area (TPSA) is 64.5 Å². The standard InChI is InChI=1S/C15H21N3O3/c1-3-21-13(19)11-10-16-14(18-6-8-20-9-7-18)17-12(11)15(2)4-5-15/h10H,3-9H2,1-2H3. The number of esters is 1. The van der Waals surface area contributed by atoms with Crippen LogP contribution in [0.4, 0.5) is 5.95 Å². The number of carbonyl (C=O) groups excluding carboxylic acids is 1. The van der Waals surface area contributed by atoms with Gasteiger partial charge in [-0.2, -0.15) is 0 Å². The Labute approximate surface area is 124 Å². The van der Waals surface area contributed by atoms with E-state index in [9.17, 15) is 4.79 Å². The van der Waals surface area contributed by atoms with Crippen LogP contribution in [0.5, 0.6) is 0 Å². The van der Waals surface area contributed by atoms with Gasteiger partial charge in [0.1, 0.15) is 5.56 Å². The van der Waals surface area contributed by atoms with E-state index in [1.165, 1.54) is 0 Å². The second-order valence-electron chi connectivity index (χ2n) is 5.81. The molecule has 1 aliphatic carbocycles. The molecule has 0 bridgehead atoms. The van der Waals surface area contributed by atoms with E-state index < -0.39 is 0 Å². The average molecular weight is 291 g/mol. The van der Waals surface area contributed by atoms with Gasteiger partial charge in [-0.3, -0.25) is 0 Å². The quantitative estimate of drug-likeness (QED) is 0.784. The molecule has 2 fully saturated rings. The van der Waals surface area contributed by atoms with E-state index in [-0.39, 0.29) is 11.4 Å². The molecule has 3 rings (SSSR count). The van der Waals surface area contributed by atoms with E-state index in [0.717, 1.165) is 31.6 Å². The minimum absolute atomic E-state index is 0.00787. The molecule has 1 aromatic rings. The van der Waals surface area contributed by atoms with Crippen LogP contribution in [0.3, 0.4) is 0 Å². The van der Waals surface area contributed by atoms with Crippen LogP contribution in [0.1, 0.15) is 42.7 Å². The second kappa shape index (κ2) is 5.60. The summed E-state index contributed by atoms with van der Waals surface area (Å²) in [6.07, 6.45) is 3.73. The number of morpholine rings is 1. The van der Waals surface area contributed by atoms with Crippen molar-refractivity contribution in [3.8, 4) is 0 Å². The van der Waals surface area contributed by atoms with Crippen molar-refractivity contribution in [1.29, 1.82) is 0 Å². The molecule has 2 heterocycles. The molecule has 0 unspecified atom stereocenters. The molecule has 21 heavy (non-hydrogen) atoms. The fraction of sp³-hybridized carbons (Fsp3) is 0.667. The summed E-state index contributed by atoms with van der Waals surface area (Å²) in [4.78, 5) is 23.3. The van der Waals surface area contributed by atoms with Crippen LogP contribution >= 0.6 is 0 Å². The second-order valence-corrected chi connectivity index (χ2v) is 5.81. The minimum atomic E-state index is -0.325. The van der Waals surface area contributed by atoms with Crippen molar-refractivity contribution < 1.29 is 14.3 Å². The first-order valence-corrected chi connectivity index (χ1v) is 7.51. The van der Waals surface area contributed by atoms with Gasteiger partial charge in [0.2, 0.25) is 5.95 Å². The SMILES string of the molecule is CCOC(=O)c1cnc(N2CCOCC2)nc1C1(C)CC1. The number of nitrogens with zero attached hydrogens (tertiary/aromatic N) is 3. The normalized spacial score (nSPS) is 20.2. The van der Waals surface area contributed by atoms with Crippen molar-refractivity contribution in [2.45, 2.75) is 32.1 Å². The summed E-state index contributed by atoms with van der Waals surface area (Å²) >= 11 is 0. The molecule has 6 heteroatoms. The molecule has 0 aromatic carbocycles. The van der Waals surface area contributed by atoms with Crippen LogP contribution in [0, 0.1) is 0 Å². The van der Waals surface area contributed by atoms with E-state index in [2.05, 4.69) is 16.8 Å². The molecule has 0 N–H and O–H groups in total. The summed E-state index contributed by atoms with van der Waals surface area (Å²) in [5.41, 5.74) is 1.33. The van der Waals surface area contributed by atoms with Crippen molar-refractivity contribution in [3.05, 3.63) is 17.5 Å². The van der Waals surface area contributed by atoms with E-state index in [0.29, 0.717) is 31.3 Å². The van der Waals surface area contributed by atoms with Crippen LogP contribution in [-0.2, 0) is 14.9 Å². The zero-order valence-corrected chi connectivity index (χ0v) is 12.6. The van der Waals surface area contributed by atoms with Crippen LogP contribution < -0.4 is 4.90 Å². The van der Waals surface area contributed by atoms with Crippen molar-refractivity contribution in [2.75, 3.05) is 37.8 Å². The fourth-order valence-electron chi connectivity index (χ4n) is 2.53. The first-order chi connectivity index (χ1) is 10.1. The fourth-order valence-corrected chi connectivity index (χ4v) is 2.53. The Balaban J connectivity index is 1.93. The lowest BCUT2D eigenvalue weighted by atomic mass is 10.0. The van der Waals surface area contributed by atoms with Gasteiger partial charge in [-0.25, -0.2) is 14.8 Å². The summed E-state index contributed by atoms with van der Waals surface area (Å²) in [7, 11) is 0. The van der Waals surface area contributed by atoms with E-state index in [4.69, 9.17) is 14.5 Å². The highest BCUT2D eigenvalue weighted by molar-refractivity contribution is 5.91. The highest BCUT2D eigenvalue weighted by Gasteiger charge is 2.44. The molecule has 6 nitrogen and oxygen atoms in total. The molecule has 114 valence electrons. The van der Waals surface area contributed by atoms with E-state index in [1.54, 1.807) is 13.1 Å². The highest BCUT2D eigenvalue weighted by atomic mass is 16.5. The van der Waals surface area contributed by atoms with Crippen LogP contribution in [-0.4, -0.2) is 48.8 Å². The summed E-state index contributed by atoms with van der Waals surface area (Å²) < 4.78 is 10.5. The Hall–Kier alpha value is -1.69. The number of hydrogen-bond acceptors (Lipinski definition) is 6. The third-order valence-electron chi connectivity index (χ3n) is 4.14. The zero-order chi connectivity index (χ0) is 14.9. The van der Waals surface area contributed by atoms with Gasteiger partial charge in [0.05, 0.1) is 25.5 Å². The molecule has 1 aliphatic heterocycles. The zero-order valence-electron chi connectivity index (χ0n) is 12.6. The number of hydrogen-bond donors (Lipinski definition) is 0. The summed E-state index contributed by atoms with van der Waals surface area (Å²) in [5.74, 6) is 0.364. The lowest BCUT2D eigenvalue weighted by molar-refractivity contribution is 0.0523. The Bertz CT molecular complexity index is 537. The number of ether oxygens (including phenoxy) is 2. The van der Waals surface area contributed by atoms with Gasteiger partial charge in [-0.1, -0.05) is 6.92 Å². The largest absolute Gasteiger partial charge is 0.462 e. The molecule has 1 saturated heterocycles. The predicted octanol–water partition coefficient (Wildman–Crippen LogP) is 1.54. The number of anilines is 1. The lowest BCUT2D eigenvalue weighted by Gasteiger charge is -2.27. The average Bonchev–Trinajstić information content (AvgIpc) is 3.27. The van der Waals surface area contributed by atoms with E-state index in [1.807, 2.05) is 0 Å². The first-order valence-electron chi connectivity index (χ1n) is 7.51. The van der Waals surface area contributed by atoms with Crippen LogP contribution in [0.15, 0.2) is 6.20 Å². The van der Waals surface area contributed by atoms with E-state index >= 15 is 0 Å². The number of carbonyl (C=O) groups is 1. The Morgan fingerprint density at radius 1 is 1.43 bits per heavy atom. The summed E-state index contributed by atoms with van der Waals surface area (Å²) in [5, 5.41) is 0. The van der Waals surface area contributed by atoms with Gasteiger partial charge in [-0.15, -0.1) is 0 Å². The molecule has 0 radical (unpaired) electrons. The smallest absolute Gasteiger partial charge is 0.341 e. The van der Waals surface area contributed by atoms with Gasteiger partial charge in [0.15, 0.2) is 0 Å². The van der Waals surface area contributed by atoms with Crippen molar-refractivity contribution >= 4 is 11.9 Å². The lowest BCUT2D eigenvalue weighted by Crippen LogP contribution is -2.37. The van der Waals surface area contributed by atoms with Crippen molar-refractivity contribution in [3.63, 3.8) is 0 Å². The van der Waals surface area contributed by atoms with Gasteiger partial charge in [0, 0.05) is 24.7 Å². The highest BCUT2D eigenvalue weighted by Crippen LogP contribution is 2.48. The number of aromatic nitrogens is 2. The number of rotatable bonds is 4. The summed E-state index contributed by atoms with van der Waals surface area (Å²) in [6.45, 7) is 7.26. The predicted molar refractivity (Wildman–Crippen MR) is 77.6 cm³/mol. The Morgan fingerprint density at radius 2 is 2.14 bits per heavy atom. The molecular formula is C15H21N3O3. The molecule has 0 atom stereocenters. The maximum Gasteiger partial charge on any atom is 0.341 e. The van der Waals surface area contributed by atoms with Gasteiger partial charge < -0.3 is 14.4 Å². The van der Waals surface area contributed by atoms with Crippen LogP contribution in [0.25, 0.3) is 0 Å². The van der Waals surface area contributed by atoms with Crippen molar-refractivity contribution in [1.82, 2.24) is 9.97 Å². The monoisotopic (exact) mass is 291 g/mol. The van der Waals surface area contributed by atoms with Crippen LogP contribution in [0.2, 0.25) is 0 Å². The maximum absolute atomic E-state index is 12.1. The third-order valence-corrected chi connectivity index (χ3v) is 4.14. The van der Waals surface area contributed by atoms with Gasteiger partial charge >= 0.3 is 5.97 Å². The molecular weight excluding hydrogens is 270 g/mol. The molecule has 0 amide bonds. The van der Waals surface area contributed by atoms with Gasteiger partial charge in [-0.05, 0) is 19.8 Å². The molecule has 1 saturated carbocycles. The Morgan fingerprint density at radius 3 is 2.76 bits per heavy atom. The first kappa shape index (κ1) is 14.3. The minimum Gasteiger partial charge on any atom is -0.462 e. The van der Waals surface area contributed by atoms with Crippen molar-refractivity contribution in [2.24, 2.45) is 0 Å². The third kappa shape index (κ3) is 2.85. The van der Waals surface area contributed by atoms with Gasteiger partial charge in [0.25, 0.3) is 0 Å². The Kier molecular flexibility index (Phi) is 3.80. The molecule has 0 spiro atoms. The maximum atomic E-state index is 12.1. The molecule has 2 aliphatic rings. The summed E-state index contributed by atoms with van der Waals surface area (Å²) in [6, 6.07) is 0.